The molecule has 74 valence electrons. The highest BCUT2D eigenvalue weighted by molar-refractivity contribution is 6.21. The van der Waals surface area contributed by atoms with Crippen molar-refractivity contribution in [2.45, 2.75) is 19.8 Å². The molecule has 0 heterocycles. The van der Waals surface area contributed by atoms with Crippen LogP contribution in [0.2, 0.25) is 0 Å². The van der Waals surface area contributed by atoms with Gasteiger partial charge in [-0.25, -0.2) is 0 Å². The first kappa shape index (κ1) is 14.8. The van der Waals surface area contributed by atoms with Crippen molar-refractivity contribution in [3.8, 4) is 0 Å². The van der Waals surface area contributed by atoms with Gasteiger partial charge in [-0.1, -0.05) is 6.92 Å². The van der Waals surface area contributed by atoms with Gasteiger partial charge in [-0.05, 0) is 6.42 Å². The van der Waals surface area contributed by atoms with Gasteiger partial charge in [-0.3, -0.25) is 4.79 Å². The number of carboxylic acids is 1. The Labute approximate surface area is 88.6 Å². The van der Waals surface area contributed by atoms with Crippen LogP contribution < -0.4 is 0 Å². The molecule has 2 nitrogen and oxygen atoms in total. The highest BCUT2D eigenvalue weighted by Gasteiger charge is 2.29. The molecule has 0 aromatic rings. The summed E-state index contributed by atoms with van der Waals surface area (Å²) in [5.74, 6) is -0.230. The van der Waals surface area contributed by atoms with Crippen molar-refractivity contribution in [3.05, 3.63) is 0 Å². The molecule has 0 saturated carbocycles. The number of aliphatic carboxylic acids is 1. The second-order valence-corrected chi connectivity index (χ2v) is 3.23. The lowest BCUT2D eigenvalue weighted by molar-refractivity contribution is -0.139. The van der Waals surface area contributed by atoms with Crippen LogP contribution in [0.5, 0.6) is 0 Å². The van der Waals surface area contributed by atoms with E-state index in [-0.39, 0.29) is 18.8 Å². The SMILES string of the molecule is CCC(CCl)(CCl)CC(=O)O.Cl. The molecule has 0 aromatic carbocycles. The van der Waals surface area contributed by atoms with Crippen molar-refractivity contribution in [2.24, 2.45) is 5.41 Å². The largest absolute Gasteiger partial charge is 0.481 e. The summed E-state index contributed by atoms with van der Waals surface area (Å²) in [5.41, 5.74) is -0.422. The number of halogens is 3. The van der Waals surface area contributed by atoms with Gasteiger partial charge in [-0.2, -0.15) is 0 Å². The molecule has 0 unspecified atom stereocenters. The fourth-order valence-corrected chi connectivity index (χ4v) is 1.62. The standard InChI is InChI=1S/C7H12Cl2O2.ClH/c1-2-7(4-8,5-9)3-6(10)11;/h2-5H2,1H3,(H,10,11);1H. The normalized spacial score (nSPS) is 10.6. The molecule has 0 aliphatic heterocycles. The predicted octanol–water partition coefficient (Wildman–Crippen LogP) is 2.76. The Hall–Kier alpha value is 0.340. The zero-order valence-electron chi connectivity index (χ0n) is 6.85. The van der Waals surface area contributed by atoms with Gasteiger partial charge < -0.3 is 5.11 Å². The zero-order chi connectivity index (χ0) is 8.91. The van der Waals surface area contributed by atoms with Crippen LogP contribution in [0.3, 0.4) is 0 Å². The third kappa shape index (κ3) is 4.39. The summed E-state index contributed by atoms with van der Waals surface area (Å²) in [6.07, 6.45) is 0.753. The molecule has 5 heteroatoms. The Morgan fingerprint density at radius 3 is 1.92 bits per heavy atom. The fourth-order valence-electron chi connectivity index (χ4n) is 0.765. The van der Waals surface area contributed by atoms with Crippen molar-refractivity contribution in [1.29, 1.82) is 0 Å². The minimum absolute atomic E-state index is 0. The van der Waals surface area contributed by atoms with Crippen LogP contribution in [0.4, 0.5) is 0 Å². The molecule has 0 rings (SSSR count). The van der Waals surface area contributed by atoms with Gasteiger partial charge in [0.2, 0.25) is 0 Å². The highest BCUT2D eigenvalue weighted by atomic mass is 35.5. The second-order valence-electron chi connectivity index (χ2n) is 2.69. The highest BCUT2D eigenvalue weighted by Crippen LogP contribution is 2.29. The lowest BCUT2D eigenvalue weighted by Crippen LogP contribution is -2.27. The molecule has 12 heavy (non-hydrogen) atoms. The number of rotatable bonds is 5. The van der Waals surface area contributed by atoms with Crippen molar-refractivity contribution < 1.29 is 9.90 Å². The molecule has 0 amide bonds. The summed E-state index contributed by atoms with van der Waals surface area (Å²) < 4.78 is 0. The zero-order valence-corrected chi connectivity index (χ0v) is 9.18. The van der Waals surface area contributed by atoms with E-state index < -0.39 is 11.4 Å². The smallest absolute Gasteiger partial charge is 0.303 e. The molecule has 0 aliphatic carbocycles. The summed E-state index contributed by atoms with van der Waals surface area (Å²) in [5, 5.41) is 8.53. The Bertz CT molecular complexity index is 126. The molecule has 0 spiro atoms. The first-order valence-electron chi connectivity index (χ1n) is 3.44. The van der Waals surface area contributed by atoms with Gasteiger partial charge in [0.05, 0.1) is 6.42 Å². The van der Waals surface area contributed by atoms with Gasteiger partial charge in [0.15, 0.2) is 0 Å². The summed E-state index contributed by atoms with van der Waals surface area (Å²) >= 11 is 11.2. The molecule has 0 radical (unpaired) electrons. The second kappa shape index (κ2) is 6.81. The average molecular weight is 236 g/mol. The van der Waals surface area contributed by atoms with Gasteiger partial charge in [-0.15, -0.1) is 35.6 Å². The summed E-state index contributed by atoms with van der Waals surface area (Å²) in [7, 11) is 0. The number of hydrogen-bond donors (Lipinski definition) is 1. The molecule has 0 saturated heterocycles. The number of carbonyl (C=O) groups is 1. The lowest BCUT2D eigenvalue weighted by Gasteiger charge is -2.25. The van der Waals surface area contributed by atoms with Crippen molar-refractivity contribution in [3.63, 3.8) is 0 Å². The van der Waals surface area contributed by atoms with E-state index in [2.05, 4.69) is 0 Å². The molecule has 0 aliphatic rings. The van der Waals surface area contributed by atoms with E-state index in [9.17, 15) is 4.79 Å². The van der Waals surface area contributed by atoms with E-state index in [0.29, 0.717) is 18.2 Å². The van der Waals surface area contributed by atoms with E-state index in [1.165, 1.54) is 0 Å². The summed E-state index contributed by atoms with van der Waals surface area (Å²) in [4.78, 5) is 10.4. The lowest BCUT2D eigenvalue weighted by atomic mass is 9.86. The molecule has 1 N–H and O–H groups in total. The van der Waals surface area contributed by atoms with Gasteiger partial charge >= 0.3 is 5.97 Å². The number of hydrogen-bond acceptors (Lipinski definition) is 1. The first-order valence-corrected chi connectivity index (χ1v) is 4.51. The Morgan fingerprint density at radius 1 is 1.42 bits per heavy atom. The maximum Gasteiger partial charge on any atom is 0.303 e. The van der Waals surface area contributed by atoms with E-state index in [4.69, 9.17) is 28.3 Å². The molecule has 0 aromatic heterocycles. The van der Waals surface area contributed by atoms with Crippen LogP contribution >= 0.6 is 35.6 Å². The van der Waals surface area contributed by atoms with Gasteiger partial charge in [0.1, 0.15) is 0 Å². The number of carboxylic acid groups (broad SMARTS) is 1. The maximum absolute atomic E-state index is 10.4. The topological polar surface area (TPSA) is 37.3 Å². The van der Waals surface area contributed by atoms with Crippen molar-refractivity contribution >= 4 is 41.6 Å². The van der Waals surface area contributed by atoms with Crippen LogP contribution in [-0.2, 0) is 4.79 Å². The van der Waals surface area contributed by atoms with E-state index in [1.807, 2.05) is 6.92 Å². The van der Waals surface area contributed by atoms with Crippen LogP contribution in [0.15, 0.2) is 0 Å². The van der Waals surface area contributed by atoms with Gasteiger partial charge in [0.25, 0.3) is 0 Å². The predicted molar refractivity (Wildman–Crippen MR) is 53.7 cm³/mol. The van der Waals surface area contributed by atoms with E-state index in [1.54, 1.807) is 0 Å². The minimum atomic E-state index is -0.840. The van der Waals surface area contributed by atoms with Crippen molar-refractivity contribution in [1.82, 2.24) is 0 Å². The fraction of sp³-hybridized carbons (Fsp3) is 0.857. The van der Waals surface area contributed by atoms with E-state index >= 15 is 0 Å². The van der Waals surface area contributed by atoms with Crippen LogP contribution in [0.25, 0.3) is 0 Å². The van der Waals surface area contributed by atoms with Crippen LogP contribution in [0, 0.1) is 5.41 Å². The van der Waals surface area contributed by atoms with Crippen molar-refractivity contribution in [2.75, 3.05) is 11.8 Å². The number of alkyl halides is 2. The Morgan fingerprint density at radius 2 is 1.83 bits per heavy atom. The van der Waals surface area contributed by atoms with Gasteiger partial charge in [0, 0.05) is 17.2 Å². The average Bonchev–Trinajstić information content (AvgIpc) is 2.00. The summed E-state index contributed by atoms with van der Waals surface area (Å²) in [6, 6.07) is 0. The Balaban J connectivity index is 0. The molecule has 0 bridgehead atoms. The molecule has 0 atom stereocenters. The van der Waals surface area contributed by atoms with Crippen LogP contribution in [-0.4, -0.2) is 22.8 Å². The monoisotopic (exact) mass is 234 g/mol. The van der Waals surface area contributed by atoms with E-state index in [0.717, 1.165) is 0 Å². The molecular formula is C7H13Cl3O2. The Kier molecular flexibility index (Phi) is 8.43. The maximum atomic E-state index is 10.4. The molecular weight excluding hydrogens is 222 g/mol. The summed E-state index contributed by atoms with van der Waals surface area (Å²) in [6.45, 7) is 1.90. The third-order valence-electron chi connectivity index (χ3n) is 1.84. The molecule has 0 fully saturated rings. The minimum Gasteiger partial charge on any atom is -0.481 e. The first-order chi connectivity index (χ1) is 5.10. The third-order valence-corrected chi connectivity index (χ3v) is 2.98. The quantitative estimate of drug-likeness (QED) is 0.744. The van der Waals surface area contributed by atoms with Crippen LogP contribution in [0.1, 0.15) is 19.8 Å².